The van der Waals surface area contributed by atoms with E-state index in [1.165, 1.54) is 12.5 Å². The van der Waals surface area contributed by atoms with Gasteiger partial charge in [-0.2, -0.15) is 0 Å². The third-order valence-electron chi connectivity index (χ3n) is 9.62. The van der Waals surface area contributed by atoms with E-state index in [0.717, 1.165) is 0 Å². The van der Waals surface area contributed by atoms with Crippen molar-refractivity contribution in [3.8, 4) is 0 Å². The highest BCUT2D eigenvalue weighted by Crippen LogP contribution is 2.09. The Morgan fingerprint density at radius 2 is 1.05 bits per heavy atom. The number of carbonyl (C=O) groups excluding carboxylic acids is 6. The number of nitrogens with two attached hydrogens (primary N) is 7. The lowest BCUT2D eigenvalue weighted by atomic mass is 10.0. The number of aromatic amines is 1. The van der Waals surface area contributed by atoms with Crippen LogP contribution in [0.3, 0.4) is 0 Å². The summed E-state index contributed by atoms with van der Waals surface area (Å²) in [5.41, 5.74) is 40.2. The molecule has 0 fully saturated rings. The summed E-state index contributed by atoms with van der Waals surface area (Å²) in [4.78, 5) is 99.8. The van der Waals surface area contributed by atoms with E-state index in [-0.39, 0.29) is 70.5 Å². The van der Waals surface area contributed by atoms with Crippen LogP contribution >= 0.6 is 0 Å². The fraction of sp³-hybridized carbons (Fsp3) is 0.737. The standard InChI is InChI=1S/C38H75N17O8/c1-22(2)17-24(41)31(57)49-20-30(56)51-25(9-3-5-13-39)32(58)53-27(11-7-15-47-37(42)43)34(60)52-26(10-4-6-14-40)33(59)54-28(12-8-16-48-38(44)45)35(61)55-29(36(62)63)18-23-19-46-21-50-23/h19,21-22,24-29,37-38,47-48H,3-18,20,39-45H2,1-2H3,(H,46,50)(H,49,57)(H,51,56)(H,52,60)(H,53,58)(H,54,59)(H,55,61)(H,62,63)/t24-,25-,26-,27-,28-,29-/m0/s1. The number of hydrogen-bond acceptors (Lipinski definition) is 17. The van der Waals surface area contributed by atoms with Gasteiger partial charge in [0.15, 0.2) is 0 Å². The number of carbonyl (C=O) groups is 7. The first-order valence-electron chi connectivity index (χ1n) is 21.5. The molecule has 0 saturated heterocycles. The fourth-order valence-electron chi connectivity index (χ4n) is 6.27. The maximum atomic E-state index is 14.1. The average Bonchev–Trinajstić information content (AvgIpc) is 3.73. The predicted molar refractivity (Wildman–Crippen MR) is 235 cm³/mol. The summed E-state index contributed by atoms with van der Waals surface area (Å²) in [5, 5.41) is 31.2. The number of aliphatic carboxylic acids is 1. The van der Waals surface area contributed by atoms with Crippen molar-refractivity contribution < 1.29 is 38.7 Å². The van der Waals surface area contributed by atoms with Crippen molar-refractivity contribution >= 4 is 41.4 Å². The minimum Gasteiger partial charge on any atom is -0.480 e. The van der Waals surface area contributed by atoms with Gasteiger partial charge in [0.2, 0.25) is 35.4 Å². The predicted octanol–water partition coefficient (Wildman–Crippen LogP) is -5.65. The zero-order chi connectivity index (χ0) is 47.3. The van der Waals surface area contributed by atoms with Crippen LogP contribution in [-0.4, -0.2) is 138 Å². The number of amides is 6. The Labute approximate surface area is 368 Å². The zero-order valence-corrected chi connectivity index (χ0v) is 36.7. The second-order valence-corrected chi connectivity index (χ2v) is 15.8. The van der Waals surface area contributed by atoms with Crippen LogP contribution in [0.25, 0.3) is 0 Å². The smallest absolute Gasteiger partial charge is 0.326 e. The Hall–Kier alpha value is -4.86. The van der Waals surface area contributed by atoms with Crippen LogP contribution in [0, 0.1) is 5.92 Å². The maximum Gasteiger partial charge on any atom is 0.326 e. The van der Waals surface area contributed by atoms with Crippen LogP contribution in [0.1, 0.15) is 90.2 Å². The lowest BCUT2D eigenvalue weighted by Crippen LogP contribution is -2.59. The summed E-state index contributed by atoms with van der Waals surface area (Å²) in [5.74, 6) is -5.37. The molecule has 0 aliphatic heterocycles. The van der Waals surface area contributed by atoms with E-state index in [1.807, 2.05) is 13.8 Å². The largest absolute Gasteiger partial charge is 0.480 e. The lowest BCUT2D eigenvalue weighted by Gasteiger charge is -2.27. The van der Waals surface area contributed by atoms with Crippen LogP contribution in [0.15, 0.2) is 12.5 Å². The second-order valence-electron chi connectivity index (χ2n) is 15.8. The normalized spacial score (nSPS) is 14.3. The van der Waals surface area contributed by atoms with Gasteiger partial charge in [0, 0.05) is 18.3 Å². The molecule has 25 nitrogen and oxygen atoms in total. The molecule has 0 aliphatic rings. The van der Waals surface area contributed by atoms with E-state index in [2.05, 4.69) is 52.5 Å². The molecule has 24 N–H and O–H groups in total. The molecule has 1 rings (SSSR count). The van der Waals surface area contributed by atoms with Gasteiger partial charge in [-0.15, -0.1) is 0 Å². The quantitative estimate of drug-likeness (QED) is 0.0223. The fourth-order valence-corrected chi connectivity index (χ4v) is 6.27. The third-order valence-corrected chi connectivity index (χ3v) is 9.62. The summed E-state index contributed by atoms with van der Waals surface area (Å²) in [6, 6.07) is -7.09. The van der Waals surface area contributed by atoms with Crippen molar-refractivity contribution in [2.24, 2.45) is 46.1 Å². The molecule has 0 saturated carbocycles. The van der Waals surface area contributed by atoms with Gasteiger partial charge in [0.25, 0.3) is 0 Å². The maximum absolute atomic E-state index is 14.1. The summed E-state index contributed by atoms with van der Waals surface area (Å²) >= 11 is 0. The van der Waals surface area contributed by atoms with E-state index in [9.17, 15) is 38.7 Å². The zero-order valence-electron chi connectivity index (χ0n) is 36.7. The highest BCUT2D eigenvalue weighted by molar-refractivity contribution is 5.96. The molecule has 0 aromatic carbocycles. The second kappa shape index (κ2) is 31.9. The van der Waals surface area contributed by atoms with Crippen LogP contribution in [0.4, 0.5) is 0 Å². The number of carboxylic acids is 1. The van der Waals surface area contributed by atoms with E-state index in [0.29, 0.717) is 44.3 Å². The van der Waals surface area contributed by atoms with Crippen molar-refractivity contribution in [1.29, 1.82) is 0 Å². The Morgan fingerprint density at radius 1 is 0.619 bits per heavy atom. The third kappa shape index (κ3) is 25.1. The molecule has 25 heteroatoms. The van der Waals surface area contributed by atoms with E-state index < -0.39 is 96.8 Å². The van der Waals surface area contributed by atoms with Crippen molar-refractivity contribution in [2.75, 3.05) is 32.7 Å². The van der Waals surface area contributed by atoms with E-state index >= 15 is 0 Å². The molecule has 6 amide bonds. The van der Waals surface area contributed by atoms with E-state index in [1.54, 1.807) is 0 Å². The molecule has 63 heavy (non-hydrogen) atoms. The molecule has 1 aromatic rings. The summed E-state index contributed by atoms with van der Waals surface area (Å²) in [6.45, 7) is 4.49. The molecule has 360 valence electrons. The molecule has 0 bridgehead atoms. The Kier molecular flexibility index (Phi) is 28.4. The van der Waals surface area contributed by atoms with Gasteiger partial charge in [0.05, 0.1) is 18.9 Å². The monoisotopic (exact) mass is 898 g/mol. The number of rotatable bonds is 35. The highest BCUT2D eigenvalue weighted by Gasteiger charge is 2.32. The Bertz CT molecular complexity index is 1520. The van der Waals surface area contributed by atoms with Gasteiger partial charge in [-0.1, -0.05) is 13.8 Å². The Morgan fingerprint density at radius 3 is 1.43 bits per heavy atom. The summed E-state index contributed by atoms with van der Waals surface area (Å²) in [7, 11) is 0. The molecule has 0 spiro atoms. The average molecular weight is 898 g/mol. The lowest BCUT2D eigenvalue weighted by molar-refractivity contribution is -0.142. The molecular formula is C38H75N17O8. The van der Waals surface area contributed by atoms with Crippen LogP contribution < -0.4 is 82.7 Å². The van der Waals surface area contributed by atoms with Gasteiger partial charge < -0.3 is 82.1 Å². The number of H-pyrrole nitrogens is 1. The summed E-state index contributed by atoms with van der Waals surface area (Å²) < 4.78 is 0. The van der Waals surface area contributed by atoms with Crippen molar-refractivity contribution in [2.45, 2.75) is 140 Å². The summed E-state index contributed by atoms with van der Waals surface area (Å²) in [6.07, 6.45) is 4.08. The number of nitrogens with one attached hydrogen (secondary N) is 9. The molecule has 6 atom stereocenters. The van der Waals surface area contributed by atoms with Gasteiger partial charge in [-0.25, -0.2) is 9.78 Å². The van der Waals surface area contributed by atoms with Gasteiger partial charge in [-0.05, 0) is 103 Å². The van der Waals surface area contributed by atoms with Crippen LogP contribution in [0.5, 0.6) is 0 Å². The Balaban J connectivity index is 3.35. The first kappa shape index (κ1) is 56.2. The molecule has 1 aromatic heterocycles. The molecular weight excluding hydrogens is 823 g/mol. The number of hydrogen-bond donors (Lipinski definition) is 17. The van der Waals surface area contributed by atoms with E-state index in [4.69, 9.17) is 40.1 Å². The van der Waals surface area contributed by atoms with Crippen LogP contribution in [-0.2, 0) is 40.0 Å². The topological polar surface area (TPSA) is 447 Å². The van der Waals surface area contributed by atoms with Crippen LogP contribution in [0.2, 0.25) is 0 Å². The minimum atomic E-state index is -1.38. The number of nitrogens with zero attached hydrogens (tertiary/aromatic N) is 1. The van der Waals surface area contributed by atoms with Gasteiger partial charge in [-0.3, -0.25) is 39.4 Å². The number of carboxylic acid groups (broad SMARTS) is 1. The SMILES string of the molecule is CC(C)C[C@H](N)C(=O)NCC(=O)N[C@@H](CCCCN)C(=O)N[C@@H](CCCNC(N)N)C(=O)N[C@@H](CCCCN)C(=O)N[C@@H](CCCNC(N)N)C(=O)N[C@@H](Cc1cnc[nH]1)C(=O)O. The molecule has 0 unspecified atom stereocenters. The first-order valence-corrected chi connectivity index (χ1v) is 21.5. The van der Waals surface area contributed by atoms with Crippen molar-refractivity contribution in [3.05, 3.63) is 18.2 Å². The molecule has 1 heterocycles. The highest BCUT2D eigenvalue weighted by atomic mass is 16.4. The van der Waals surface area contributed by atoms with Crippen molar-refractivity contribution in [3.63, 3.8) is 0 Å². The van der Waals surface area contributed by atoms with Gasteiger partial charge >= 0.3 is 5.97 Å². The number of unbranched alkanes of at least 4 members (excludes halogenated alkanes) is 2. The molecule has 0 aliphatic carbocycles. The van der Waals surface area contributed by atoms with Gasteiger partial charge in [0.1, 0.15) is 42.8 Å². The minimum absolute atomic E-state index is 0.0256. The van der Waals surface area contributed by atoms with Crippen molar-refractivity contribution in [1.82, 2.24) is 52.5 Å². The number of imidazole rings is 1. The first-order chi connectivity index (χ1) is 29.9. The molecule has 0 radical (unpaired) electrons. The number of aromatic nitrogens is 2.